The van der Waals surface area contributed by atoms with Crippen LogP contribution in [0.25, 0.3) is 0 Å². The van der Waals surface area contributed by atoms with Crippen molar-refractivity contribution < 1.29 is 19.1 Å². The number of hydrogen-bond donors (Lipinski definition) is 0. The highest BCUT2D eigenvalue weighted by molar-refractivity contribution is 9.10. The van der Waals surface area contributed by atoms with Gasteiger partial charge in [0.25, 0.3) is 0 Å². The Morgan fingerprint density at radius 1 is 1.17 bits per heavy atom. The van der Waals surface area contributed by atoms with Crippen molar-refractivity contribution >= 4 is 27.9 Å². The number of halogens is 1. The molecule has 0 saturated carbocycles. The molecule has 0 spiro atoms. The van der Waals surface area contributed by atoms with Gasteiger partial charge in [0.2, 0.25) is 0 Å². The Labute approximate surface area is 114 Å². The van der Waals surface area contributed by atoms with Crippen molar-refractivity contribution in [1.29, 1.82) is 0 Å². The predicted octanol–water partition coefficient (Wildman–Crippen LogP) is 2.73. The van der Waals surface area contributed by atoms with Gasteiger partial charge in [-0.3, -0.25) is 0 Å². The zero-order valence-electron chi connectivity index (χ0n) is 9.94. The molecule has 5 heteroatoms. The highest BCUT2D eigenvalue weighted by Crippen LogP contribution is 2.11. The average molecular weight is 313 g/mol. The van der Waals surface area contributed by atoms with Crippen molar-refractivity contribution in [2.75, 3.05) is 13.2 Å². The van der Waals surface area contributed by atoms with Crippen LogP contribution in [0.15, 0.2) is 40.9 Å². The van der Waals surface area contributed by atoms with Gasteiger partial charge in [-0.15, -0.1) is 0 Å². The van der Waals surface area contributed by atoms with Gasteiger partial charge in [-0.1, -0.05) is 22.5 Å². The SMILES string of the molecule is C=C(C)C(=O)OCCOC(=O)c1ccc(Br)cc1. The fraction of sp³-hybridized carbons (Fsp3) is 0.231. The summed E-state index contributed by atoms with van der Waals surface area (Å²) in [5.74, 6) is -0.941. The molecule has 4 nitrogen and oxygen atoms in total. The maximum atomic E-state index is 11.5. The number of carbonyl (C=O) groups is 2. The number of hydrogen-bond acceptors (Lipinski definition) is 4. The molecule has 1 aromatic carbocycles. The molecule has 18 heavy (non-hydrogen) atoms. The molecule has 1 rings (SSSR count). The molecule has 0 bridgehead atoms. The summed E-state index contributed by atoms with van der Waals surface area (Å²) in [6, 6.07) is 6.79. The van der Waals surface area contributed by atoms with Gasteiger partial charge in [0, 0.05) is 10.0 Å². The summed E-state index contributed by atoms with van der Waals surface area (Å²) in [6.45, 7) is 5.03. The molecular formula is C13H13BrO4. The first-order chi connectivity index (χ1) is 8.50. The van der Waals surface area contributed by atoms with E-state index in [0.29, 0.717) is 11.1 Å². The van der Waals surface area contributed by atoms with Crippen LogP contribution in [0.2, 0.25) is 0 Å². The molecule has 0 saturated heterocycles. The third kappa shape index (κ3) is 4.71. The Bertz CT molecular complexity index is 451. The standard InChI is InChI=1S/C13H13BrO4/c1-9(2)12(15)17-7-8-18-13(16)10-3-5-11(14)6-4-10/h3-6H,1,7-8H2,2H3. The first kappa shape index (κ1) is 14.4. The maximum Gasteiger partial charge on any atom is 0.338 e. The van der Waals surface area contributed by atoms with Gasteiger partial charge in [-0.25, -0.2) is 9.59 Å². The van der Waals surface area contributed by atoms with Crippen LogP contribution in [0, 0.1) is 0 Å². The van der Waals surface area contributed by atoms with Crippen LogP contribution in [0.1, 0.15) is 17.3 Å². The summed E-state index contributed by atoms with van der Waals surface area (Å²) >= 11 is 3.27. The van der Waals surface area contributed by atoms with Crippen LogP contribution >= 0.6 is 15.9 Å². The summed E-state index contributed by atoms with van der Waals surface area (Å²) in [5, 5.41) is 0. The van der Waals surface area contributed by atoms with Gasteiger partial charge >= 0.3 is 11.9 Å². The summed E-state index contributed by atoms with van der Waals surface area (Å²) in [6.07, 6.45) is 0. The van der Waals surface area contributed by atoms with Crippen LogP contribution in [0.5, 0.6) is 0 Å². The van der Waals surface area contributed by atoms with Gasteiger partial charge in [0.05, 0.1) is 5.56 Å². The second kappa shape index (κ2) is 6.96. The average Bonchev–Trinajstić information content (AvgIpc) is 2.34. The normalized spacial score (nSPS) is 9.67. The zero-order chi connectivity index (χ0) is 13.5. The Kier molecular flexibility index (Phi) is 5.58. The minimum Gasteiger partial charge on any atom is -0.459 e. The van der Waals surface area contributed by atoms with Crippen molar-refractivity contribution in [3.8, 4) is 0 Å². The van der Waals surface area contributed by atoms with Crippen LogP contribution in [0.4, 0.5) is 0 Å². The third-order valence-corrected chi connectivity index (χ3v) is 2.51. The minimum atomic E-state index is -0.491. The molecule has 0 N–H and O–H groups in total. The van der Waals surface area contributed by atoms with E-state index in [9.17, 15) is 9.59 Å². The molecule has 1 aromatic rings. The lowest BCUT2D eigenvalue weighted by Gasteiger charge is -2.06. The Morgan fingerprint density at radius 2 is 1.72 bits per heavy atom. The van der Waals surface area contributed by atoms with E-state index < -0.39 is 11.9 Å². The van der Waals surface area contributed by atoms with Crippen molar-refractivity contribution in [1.82, 2.24) is 0 Å². The van der Waals surface area contributed by atoms with E-state index in [4.69, 9.17) is 9.47 Å². The predicted molar refractivity (Wildman–Crippen MR) is 70.2 cm³/mol. The molecule has 0 aliphatic rings. The number of benzene rings is 1. The van der Waals surface area contributed by atoms with Crippen LogP contribution < -0.4 is 0 Å². The number of carbonyl (C=O) groups excluding carboxylic acids is 2. The van der Waals surface area contributed by atoms with E-state index in [1.54, 1.807) is 31.2 Å². The molecule has 0 atom stereocenters. The molecule has 0 unspecified atom stereocenters. The molecule has 0 amide bonds. The lowest BCUT2D eigenvalue weighted by molar-refractivity contribution is -0.140. The topological polar surface area (TPSA) is 52.6 Å². The summed E-state index contributed by atoms with van der Waals surface area (Å²) in [7, 11) is 0. The third-order valence-electron chi connectivity index (χ3n) is 1.98. The molecule has 96 valence electrons. The summed E-state index contributed by atoms with van der Waals surface area (Å²) in [4.78, 5) is 22.6. The van der Waals surface area contributed by atoms with Gasteiger partial charge in [-0.05, 0) is 31.2 Å². The smallest absolute Gasteiger partial charge is 0.338 e. The van der Waals surface area contributed by atoms with E-state index in [1.807, 2.05) is 0 Å². The van der Waals surface area contributed by atoms with E-state index in [1.165, 1.54) is 0 Å². The monoisotopic (exact) mass is 312 g/mol. The van der Waals surface area contributed by atoms with E-state index in [0.717, 1.165) is 4.47 Å². The summed E-state index contributed by atoms with van der Waals surface area (Å²) < 4.78 is 10.6. The highest BCUT2D eigenvalue weighted by atomic mass is 79.9. The maximum absolute atomic E-state index is 11.5. The first-order valence-electron chi connectivity index (χ1n) is 5.26. The molecule has 0 aromatic heterocycles. The van der Waals surface area contributed by atoms with E-state index in [2.05, 4.69) is 22.5 Å². The number of esters is 2. The second-order valence-electron chi connectivity index (χ2n) is 3.56. The van der Waals surface area contributed by atoms with Crippen molar-refractivity contribution in [3.05, 3.63) is 46.5 Å². The van der Waals surface area contributed by atoms with Crippen LogP contribution in [0.3, 0.4) is 0 Å². The number of rotatable bonds is 5. The van der Waals surface area contributed by atoms with Crippen molar-refractivity contribution in [3.63, 3.8) is 0 Å². The molecule has 0 aliphatic heterocycles. The molecule has 0 heterocycles. The Hall–Kier alpha value is -1.62. The zero-order valence-corrected chi connectivity index (χ0v) is 11.5. The first-order valence-corrected chi connectivity index (χ1v) is 6.05. The van der Waals surface area contributed by atoms with Gasteiger partial charge < -0.3 is 9.47 Å². The highest BCUT2D eigenvalue weighted by Gasteiger charge is 2.07. The van der Waals surface area contributed by atoms with Crippen molar-refractivity contribution in [2.45, 2.75) is 6.92 Å². The second-order valence-corrected chi connectivity index (χ2v) is 4.47. The van der Waals surface area contributed by atoms with Gasteiger partial charge in [0.1, 0.15) is 13.2 Å². The van der Waals surface area contributed by atoms with Crippen LogP contribution in [-0.2, 0) is 14.3 Å². The fourth-order valence-corrected chi connectivity index (χ4v) is 1.33. The molecule has 0 radical (unpaired) electrons. The van der Waals surface area contributed by atoms with Gasteiger partial charge in [0.15, 0.2) is 0 Å². The van der Waals surface area contributed by atoms with Crippen molar-refractivity contribution in [2.24, 2.45) is 0 Å². The van der Waals surface area contributed by atoms with E-state index >= 15 is 0 Å². The molecular weight excluding hydrogens is 300 g/mol. The lowest BCUT2D eigenvalue weighted by atomic mass is 10.2. The number of ether oxygens (including phenoxy) is 2. The Morgan fingerprint density at radius 3 is 2.28 bits per heavy atom. The van der Waals surface area contributed by atoms with E-state index in [-0.39, 0.29) is 13.2 Å². The Balaban J connectivity index is 2.32. The summed E-state index contributed by atoms with van der Waals surface area (Å²) in [5.41, 5.74) is 0.763. The minimum absolute atomic E-state index is 0.0217. The lowest BCUT2D eigenvalue weighted by Crippen LogP contribution is -2.14. The quantitative estimate of drug-likeness (QED) is 0.476. The molecule has 0 aliphatic carbocycles. The molecule has 0 fully saturated rings. The fourth-order valence-electron chi connectivity index (χ4n) is 1.06. The largest absolute Gasteiger partial charge is 0.459 e. The van der Waals surface area contributed by atoms with Crippen LogP contribution in [-0.4, -0.2) is 25.2 Å². The van der Waals surface area contributed by atoms with Gasteiger partial charge in [-0.2, -0.15) is 0 Å².